The lowest BCUT2D eigenvalue weighted by Crippen LogP contribution is -2.25. The number of amides is 1. The zero-order chi connectivity index (χ0) is 13.1. The fourth-order valence-corrected chi connectivity index (χ4v) is 1.82. The Morgan fingerprint density at radius 1 is 1.33 bits per heavy atom. The van der Waals surface area contributed by atoms with E-state index in [4.69, 9.17) is 5.73 Å². The van der Waals surface area contributed by atoms with Crippen LogP contribution in [0.2, 0.25) is 0 Å². The second-order valence-electron chi connectivity index (χ2n) is 4.14. The molecule has 0 aliphatic heterocycles. The topological polar surface area (TPSA) is 96.4 Å². The SMILES string of the molecule is NC(=O)CC(O)C(O)c1ccc2ncccc2c1. The smallest absolute Gasteiger partial charge is 0.220 e. The van der Waals surface area contributed by atoms with E-state index >= 15 is 0 Å². The lowest BCUT2D eigenvalue weighted by atomic mass is 10.0. The van der Waals surface area contributed by atoms with Crippen molar-refractivity contribution in [3.05, 3.63) is 42.1 Å². The number of pyridine rings is 1. The Bertz CT molecular complexity index is 571. The number of aromatic nitrogens is 1. The third kappa shape index (κ3) is 2.64. The Hall–Kier alpha value is -1.98. The minimum Gasteiger partial charge on any atom is -0.390 e. The van der Waals surface area contributed by atoms with Crippen molar-refractivity contribution in [2.24, 2.45) is 5.73 Å². The molecule has 2 rings (SSSR count). The molecular weight excluding hydrogens is 232 g/mol. The molecule has 2 aromatic rings. The second kappa shape index (κ2) is 5.12. The molecule has 0 fully saturated rings. The molecule has 0 bridgehead atoms. The van der Waals surface area contributed by atoms with Gasteiger partial charge in [-0.15, -0.1) is 0 Å². The number of fused-ring (bicyclic) bond motifs is 1. The molecule has 5 nitrogen and oxygen atoms in total. The van der Waals surface area contributed by atoms with E-state index in [1.807, 2.05) is 6.07 Å². The van der Waals surface area contributed by atoms with Crippen LogP contribution in [0.25, 0.3) is 10.9 Å². The molecular formula is C13H14N2O3. The molecule has 0 spiro atoms. The summed E-state index contributed by atoms with van der Waals surface area (Å²) < 4.78 is 0. The monoisotopic (exact) mass is 246 g/mol. The quantitative estimate of drug-likeness (QED) is 0.732. The molecule has 1 aromatic heterocycles. The van der Waals surface area contributed by atoms with Crippen LogP contribution in [0.15, 0.2) is 36.5 Å². The molecule has 2 unspecified atom stereocenters. The first-order chi connectivity index (χ1) is 8.58. The van der Waals surface area contributed by atoms with Gasteiger partial charge in [-0.05, 0) is 23.8 Å². The van der Waals surface area contributed by atoms with Gasteiger partial charge in [-0.3, -0.25) is 9.78 Å². The van der Waals surface area contributed by atoms with Gasteiger partial charge in [0.1, 0.15) is 6.10 Å². The maximum atomic E-state index is 10.7. The summed E-state index contributed by atoms with van der Waals surface area (Å²) in [5, 5.41) is 20.4. The molecule has 5 heteroatoms. The van der Waals surface area contributed by atoms with Crippen molar-refractivity contribution in [3.8, 4) is 0 Å². The van der Waals surface area contributed by atoms with Gasteiger partial charge in [-0.25, -0.2) is 0 Å². The van der Waals surface area contributed by atoms with Crippen molar-refractivity contribution in [3.63, 3.8) is 0 Å². The van der Waals surface area contributed by atoms with E-state index in [0.29, 0.717) is 5.56 Å². The van der Waals surface area contributed by atoms with E-state index in [9.17, 15) is 15.0 Å². The number of nitrogens with two attached hydrogens (primary N) is 1. The van der Waals surface area contributed by atoms with Crippen molar-refractivity contribution in [2.45, 2.75) is 18.6 Å². The van der Waals surface area contributed by atoms with Gasteiger partial charge in [0.15, 0.2) is 0 Å². The summed E-state index contributed by atoms with van der Waals surface area (Å²) in [6.45, 7) is 0. The molecule has 1 heterocycles. The predicted octanol–water partition coefficient (Wildman–Crippen LogP) is 0.504. The Labute approximate surface area is 104 Å². The number of nitrogens with zero attached hydrogens (tertiary/aromatic N) is 1. The molecule has 18 heavy (non-hydrogen) atoms. The average molecular weight is 246 g/mol. The number of hydrogen-bond donors (Lipinski definition) is 3. The molecule has 0 aliphatic rings. The number of aliphatic hydroxyl groups is 2. The maximum absolute atomic E-state index is 10.7. The number of carbonyl (C=O) groups excluding carboxylic acids is 1. The van der Waals surface area contributed by atoms with E-state index in [2.05, 4.69) is 4.98 Å². The Balaban J connectivity index is 2.27. The number of primary amides is 1. The number of benzene rings is 1. The van der Waals surface area contributed by atoms with Crippen LogP contribution in [-0.4, -0.2) is 27.2 Å². The molecule has 4 N–H and O–H groups in total. The number of aliphatic hydroxyl groups excluding tert-OH is 2. The lowest BCUT2D eigenvalue weighted by Gasteiger charge is -2.17. The fourth-order valence-electron chi connectivity index (χ4n) is 1.82. The summed E-state index contributed by atoms with van der Waals surface area (Å²) in [7, 11) is 0. The minimum absolute atomic E-state index is 0.272. The average Bonchev–Trinajstić information content (AvgIpc) is 2.36. The Morgan fingerprint density at radius 3 is 2.83 bits per heavy atom. The third-order valence-electron chi connectivity index (χ3n) is 2.74. The van der Waals surface area contributed by atoms with Crippen LogP contribution in [0, 0.1) is 0 Å². The first-order valence-corrected chi connectivity index (χ1v) is 5.57. The molecule has 0 radical (unpaired) electrons. The van der Waals surface area contributed by atoms with Crippen molar-refractivity contribution in [1.29, 1.82) is 0 Å². The number of hydrogen-bond acceptors (Lipinski definition) is 4. The zero-order valence-electron chi connectivity index (χ0n) is 9.65. The van der Waals surface area contributed by atoms with Crippen LogP contribution in [0.3, 0.4) is 0 Å². The van der Waals surface area contributed by atoms with Crippen LogP contribution < -0.4 is 5.73 Å². The van der Waals surface area contributed by atoms with Gasteiger partial charge < -0.3 is 15.9 Å². The van der Waals surface area contributed by atoms with E-state index in [0.717, 1.165) is 10.9 Å². The van der Waals surface area contributed by atoms with E-state index < -0.39 is 18.1 Å². The van der Waals surface area contributed by atoms with Crippen LogP contribution >= 0.6 is 0 Å². The molecule has 0 saturated heterocycles. The van der Waals surface area contributed by atoms with Crippen LogP contribution in [0.4, 0.5) is 0 Å². The largest absolute Gasteiger partial charge is 0.390 e. The first kappa shape index (κ1) is 12.5. The van der Waals surface area contributed by atoms with Gasteiger partial charge in [0.2, 0.25) is 5.91 Å². The predicted molar refractivity (Wildman–Crippen MR) is 66.5 cm³/mol. The first-order valence-electron chi connectivity index (χ1n) is 5.57. The summed E-state index contributed by atoms with van der Waals surface area (Å²) in [6, 6.07) is 8.81. The normalized spacial score (nSPS) is 14.3. The minimum atomic E-state index is -1.20. The van der Waals surface area contributed by atoms with Gasteiger partial charge in [0, 0.05) is 11.6 Å². The Morgan fingerprint density at radius 2 is 2.11 bits per heavy atom. The zero-order valence-corrected chi connectivity index (χ0v) is 9.65. The van der Waals surface area contributed by atoms with Gasteiger partial charge in [0.05, 0.1) is 18.0 Å². The molecule has 0 saturated carbocycles. The van der Waals surface area contributed by atoms with Gasteiger partial charge in [-0.2, -0.15) is 0 Å². The van der Waals surface area contributed by atoms with E-state index in [-0.39, 0.29) is 6.42 Å². The fraction of sp³-hybridized carbons (Fsp3) is 0.231. The second-order valence-corrected chi connectivity index (χ2v) is 4.14. The standard InChI is InChI=1S/C13H14N2O3/c14-12(17)7-11(16)13(18)9-3-4-10-8(6-9)2-1-5-15-10/h1-6,11,13,16,18H,7H2,(H2,14,17). The van der Waals surface area contributed by atoms with Gasteiger partial charge in [0.25, 0.3) is 0 Å². The van der Waals surface area contributed by atoms with Gasteiger partial charge >= 0.3 is 0 Å². The lowest BCUT2D eigenvalue weighted by molar-refractivity contribution is -0.121. The third-order valence-corrected chi connectivity index (χ3v) is 2.74. The Kier molecular flexibility index (Phi) is 3.55. The highest BCUT2D eigenvalue weighted by Gasteiger charge is 2.20. The van der Waals surface area contributed by atoms with E-state index in [1.54, 1.807) is 30.5 Å². The summed E-state index contributed by atoms with van der Waals surface area (Å²) >= 11 is 0. The number of carbonyl (C=O) groups is 1. The van der Waals surface area contributed by atoms with Gasteiger partial charge in [-0.1, -0.05) is 12.1 Å². The van der Waals surface area contributed by atoms with Crippen molar-refractivity contribution in [1.82, 2.24) is 4.98 Å². The molecule has 1 aromatic carbocycles. The maximum Gasteiger partial charge on any atom is 0.220 e. The molecule has 0 aliphatic carbocycles. The highest BCUT2D eigenvalue weighted by Crippen LogP contribution is 2.22. The number of rotatable bonds is 4. The van der Waals surface area contributed by atoms with Crippen LogP contribution in [-0.2, 0) is 4.79 Å². The van der Waals surface area contributed by atoms with Crippen molar-refractivity contribution < 1.29 is 15.0 Å². The van der Waals surface area contributed by atoms with Crippen molar-refractivity contribution >= 4 is 16.8 Å². The van der Waals surface area contributed by atoms with Crippen LogP contribution in [0.1, 0.15) is 18.1 Å². The highest BCUT2D eigenvalue weighted by atomic mass is 16.3. The summed E-state index contributed by atoms with van der Waals surface area (Å²) in [6.07, 6.45) is -0.925. The van der Waals surface area contributed by atoms with Crippen LogP contribution in [0.5, 0.6) is 0 Å². The summed E-state index contributed by atoms with van der Waals surface area (Å²) in [5.41, 5.74) is 6.32. The molecule has 94 valence electrons. The molecule has 1 amide bonds. The summed E-state index contributed by atoms with van der Waals surface area (Å²) in [4.78, 5) is 14.9. The van der Waals surface area contributed by atoms with Crippen molar-refractivity contribution in [2.75, 3.05) is 0 Å². The highest BCUT2D eigenvalue weighted by molar-refractivity contribution is 5.79. The summed E-state index contributed by atoms with van der Waals surface area (Å²) in [5.74, 6) is -0.649. The molecule has 2 atom stereocenters. The van der Waals surface area contributed by atoms with E-state index in [1.165, 1.54) is 0 Å².